The van der Waals surface area contributed by atoms with Gasteiger partial charge in [-0.2, -0.15) is 0 Å². The van der Waals surface area contributed by atoms with Gasteiger partial charge in [-0.05, 0) is 30.9 Å². The number of aryl methyl sites for hydroxylation is 1. The molecule has 0 aliphatic heterocycles. The molecule has 0 heterocycles. The van der Waals surface area contributed by atoms with E-state index >= 15 is 0 Å². The third kappa shape index (κ3) is 6.79. The topological polar surface area (TPSA) is 120 Å². The van der Waals surface area contributed by atoms with E-state index in [1.165, 1.54) is 7.11 Å². The van der Waals surface area contributed by atoms with E-state index in [1.807, 2.05) is 13.8 Å². The van der Waals surface area contributed by atoms with Crippen molar-refractivity contribution in [1.82, 2.24) is 5.32 Å². The highest BCUT2D eigenvalue weighted by molar-refractivity contribution is 6.31. The quantitative estimate of drug-likeness (QED) is 0.592. The minimum absolute atomic E-state index is 0.120. The van der Waals surface area contributed by atoms with Crippen LogP contribution in [0.2, 0.25) is 5.02 Å². The summed E-state index contributed by atoms with van der Waals surface area (Å²) in [5, 5.41) is 5.41. The molecule has 0 radical (unpaired) electrons. The van der Waals surface area contributed by atoms with E-state index in [0.29, 0.717) is 22.9 Å². The molecule has 0 saturated carbocycles. The third-order valence-corrected chi connectivity index (χ3v) is 3.82. The molecule has 1 unspecified atom stereocenters. The summed E-state index contributed by atoms with van der Waals surface area (Å²) in [5.74, 6) is -0.782. The van der Waals surface area contributed by atoms with Crippen molar-refractivity contribution in [2.24, 2.45) is 11.7 Å². The van der Waals surface area contributed by atoms with Gasteiger partial charge in [0.1, 0.15) is 11.8 Å². The van der Waals surface area contributed by atoms with Crippen molar-refractivity contribution in [3.05, 3.63) is 22.7 Å². The van der Waals surface area contributed by atoms with Crippen molar-refractivity contribution >= 4 is 35.2 Å². The van der Waals surface area contributed by atoms with E-state index in [2.05, 4.69) is 10.6 Å². The number of carbonyl (C=O) groups is 3. The van der Waals surface area contributed by atoms with Crippen LogP contribution < -0.4 is 21.1 Å². The molecule has 0 saturated heterocycles. The number of hydrogen-bond acceptors (Lipinski definition) is 5. The maximum absolute atomic E-state index is 12.1. The Morgan fingerprint density at radius 2 is 1.92 bits per heavy atom. The van der Waals surface area contributed by atoms with E-state index in [4.69, 9.17) is 26.8 Å². The maximum atomic E-state index is 12.1. The fourth-order valence-electron chi connectivity index (χ4n) is 2.21. The Bertz CT molecular complexity index is 679. The minimum atomic E-state index is -0.910. The van der Waals surface area contributed by atoms with Gasteiger partial charge in [-0.15, -0.1) is 0 Å². The molecule has 0 aliphatic rings. The van der Waals surface area contributed by atoms with Crippen LogP contribution in [0.15, 0.2) is 12.1 Å². The fraction of sp³-hybridized carbons (Fsp3) is 0.471. The highest BCUT2D eigenvalue weighted by atomic mass is 35.5. The maximum Gasteiger partial charge on any atom is 0.329 e. The second-order valence-corrected chi connectivity index (χ2v) is 6.56. The summed E-state index contributed by atoms with van der Waals surface area (Å²) in [7, 11) is 1.45. The molecule has 3 amide bonds. The van der Waals surface area contributed by atoms with Crippen molar-refractivity contribution in [3.63, 3.8) is 0 Å². The summed E-state index contributed by atoms with van der Waals surface area (Å²) in [6, 6.07) is 1.48. The molecule has 1 aromatic carbocycles. The smallest absolute Gasteiger partial charge is 0.329 e. The average Bonchev–Trinajstić information content (AvgIpc) is 2.54. The van der Waals surface area contributed by atoms with Crippen LogP contribution in [0.1, 0.15) is 25.8 Å². The number of halogens is 1. The van der Waals surface area contributed by atoms with E-state index in [0.717, 1.165) is 5.56 Å². The number of hydrogen-bond donors (Lipinski definition) is 3. The first-order valence-electron chi connectivity index (χ1n) is 8.00. The number of rotatable bonds is 8. The molecule has 0 bridgehead atoms. The second-order valence-electron chi connectivity index (χ2n) is 6.15. The summed E-state index contributed by atoms with van der Waals surface area (Å²) in [6.07, 6.45) is 0.341. The van der Waals surface area contributed by atoms with Gasteiger partial charge in [0.25, 0.3) is 5.91 Å². The Labute approximate surface area is 157 Å². The Morgan fingerprint density at radius 1 is 1.27 bits per heavy atom. The lowest BCUT2D eigenvalue weighted by Crippen LogP contribution is -2.45. The van der Waals surface area contributed by atoms with Gasteiger partial charge in [0, 0.05) is 11.1 Å². The molecule has 1 rings (SSSR count). The Hall–Kier alpha value is -2.48. The number of carbonyl (C=O) groups excluding carboxylic acids is 3. The van der Waals surface area contributed by atoms with Crippen molar-refractivity contribution < 1.29 is 23.9 Å². The number of anilines is 1. The van der Waals surface area contributed by atoms with Gasteiger partial charge in [0.15, 0.2) is 6.61 Å². The highest BCUT2D eigenvalue weighted by Gasteiger charge is 2.23. The summed E-state index contributed by atoms with van der Waals surface area (Å²) < 4.78 is 10.1. The lowest BCUT2D eigenvalue weighted by atomic mass is 10.0. The second kappa shape index (κ2) is 9.86. The molecule has 0 spiro atoms. The fourth-order valence-corrected chi connectivity index (χ4v) is 2.36. The molecule has 4 N–H and O–H groups in total. The molecule has 1 atom stereocenters. The number of urea groups is 1. The van der Waals surface area contributed by atoms with E-state index in [-0.39, 0.29) is 5.92 Å². The monoisotopic (exact) mass is 385 g/mol. The van der Waals surface area contributed by atoms with E-state index in [1.54, 1.807) is 19.1 Å². The van der Waals surface area contributed by atoms with E-state index in [9.17, 15) is 14.4 Å². The zero-order chi connectivity index (χ0) is 19.9. The van der Waals surface area contributed by atoms with Gasteiger partial charge in [-0.3, -0.25) is 4.79 Å². The van der Waals surface area contributed by atoms with Crippen LogP contribution in [0.4, 0.5) is 10.5 Å². The predicted molar refractivity (Wildman–Crippen MR) is 98.3 cm³/mol. The van der Waals surface area contributed by atoms with Crippen LogP contribution in [0.5, 0.6) is 5.75 Å². The van der Waals surface area contributed by atoms with Crippen molar-refractivity contribution in [2.45, 2.75) is 33.2 Å². The highest BCUT2D eigenvalue weighted by Crippen LogP contribution is 2.30. The summed E-state index contributed by atoms with van der Waals surface area (Å²) in [4.78, 5) is 35.1. The minimum Gasteiger partial charge on any atom is -0.495 e. The first-order chi connectivity index (χ1) is 12.1. The molecular weight excluding hydrogens is 362 g/mol. The van der Waals surface area contributed by atoms with Crippen LogP contribution in [-0.2, 0) is 14.3 Å². The van der Waals surface area contributed by atoms with Gasteiger partial charge in [0.2, 0.25) is 0 Å². The van der Waals surface area contributed by atoms with Crippen LogP contribution in [0.3, 0.4) is 0 Å². The summed E-state index contributed by atoms with van der Waals surface area (Å²) in [5.41, 5.74) is 6.22. The normalized spacial score (nSPS) is 11.6. The number of benzene rings is 1. The van der Waals surface area contributed by atoms with Gasteiger partial charge in [-0.1, -0.05) is 25.4 Å². The molecule has 8 nitrogen and oxygen atoms in total. The number of nitrogens with two attached hydrogens (primary N) is 1. The lowest BCUT2D eigenvalue weighted by molar-refractivity contribution is -0.149. The Morgan fingerprint density at radius 3 is 2.46 bits per heavy atom. The molecule has 26 heavy (non-hydrogen) atoms. The van der Waals surface area contributed by atoms with Gasteiger partial charge < -0.3 is 25.8 Å². The number of methoxy groups -OCH3 is 1. The zero-order valence-corrected chi connectivity index (χ0v) is 16.0. The number of amides is 3. The van der Waals surface area contributed by atoms with Gasteiger partial charge in [0.05, 0.1) is 12.8 Å². The van der Waals surface area contributed by atoms with Crippen LogP contribution in [0.25, 0.3) is 0 Å². The number of primary amides is 1. The van der Waals surface area contributed by atoms with Crippen LogP contribution >= 0.6 is 11.6 Å². The van der Waals surface area contributed by atoms with Gasteiger partial charge >= 0.3 is 12.0 Å². The zero-order valence-electron chi connectivity index (χ0n) is 15.2. The van der Waals surface area contributed by atoms with Crippen molar-refractivity contribution in [3.8, 4) is 5.75 Å². The predicted octanol–water partition coefficient (Wildman–Crippen LogP) is 2.22. The van der Waals surface area contributed by atoms with E-state index < -0.39 is 30.6 Å². The molecule has 0 aromatic heterocycles. The SMILES string of the molecule is COc1cc(Cl)c(C)cc1NC(=O)COC(=O)C(CC(C)C)NC(N)=O. The molecule has 9 heteroatoms. The number of ether oxygens (including phenoxy) is 2. The van der Waals surface area contributed by atoms with Crippen LogP contribution in [-0.4, -0.2) is 37.7 Å². The Balaban J connectivity index is 2.69. The molecule has 144 valence electrons. The average molecular weight is 386 g/mol. The van der Waals surface area contributed by atoms with Crippen molar-refractivity contribution in [1.29, 1.82) is 0 Å². The van der Waals surface area contributed by atoms with Crippen molar-refractivity contribution in [2.75, 3.05) is 19.0 Å². The third-order valence-electron chi connectivity index (χ3n) is 3.41. The molecule has 0 fully saturated rings. The lowest BCUT2D eigenvalue weighted by Gasteiger charge is -2.18. The Kier molecular flexibility index (Phi) is 8.18. The summed E-state index contributed by atoms with van der Waals surface area (Å²) >= 11 is 6.01. The number of esters is 1. The van der Waals surface area contributed by atoms with Crippen LogP contribution in [0, 0.1) is 12.8 Å². The molecule has 1 aromatic rings. The van der Waals surface area contributed by atoms with Gasteiger partial charge in [-0.25, -0.2) is 9.59 Å². The standard InChI is InChI=1S/C17H24ClN3O5/c1-9(2)5-13(21-17(19)24)16(23)26-8-15(22)20-12-6-10(3)11(18)7-14(12)25-4/h6-7,9,13H,5,8H2,1-4H3,(H,20,22)(H3,19,21,24). The largest absolute Gasteiger partial charge is 0.495 e. The first-order valence-corrected chi connectivity index (χ1v) is 8.38. The first kappa shape index (κ1) is 21.6. The molecule has 0 aliphatic carbocycles. The summed E-state index contributed by atoms with van der Waals surface area (Å²) in [6.45, 7) is 5.03. The number of nitrogens with one attached hydrogen (secondary N) is 2. The molecular formula is C17H24ClN3O5.